The van der Waals surface area contributed by atoms with Crippen LogP contribution in [0.25, 0.3) is 10.4 Å². The van der Waals surface area contributed by atoms with E-state index in [0.29, 0.717) is 13.0 Å². The Morgan fingerprint density at radius 3 is 2.73 bits per heavy atom. The summed E-state index contributed by atoms with van der Waals surface area (Å²) in [6, 6.07) is 0. The minimum absolute atomic E-state index is 0.0830. The molecule has 0 aromatic carbocycles. The normalized spacial score (nSPS) is 10.9. The molecule has 0 amide bonds. The topological polar surface area (TPSA) is 65.8 Å². The molecule has 0 aromatic heterocycles. The highest BCUT2D eigenvalue weighted by Crippen LogP contribution is 2.08. The maximum atomic E-state index is 11.2. The Balaban J connectivity index is 4.01. The second-order valence-corrected chi connectivity index (χ2v) is 3.49. The zero-order chi connectivity index (χ0) is 11.5. The lowest BCUT2D eigenvalue weighted by molar-refractivity contribution is -0.113. The first-order valence-electron chi connectivity index (χ1n) is 5.43. The van der Waals surface area contributed by atoms with E-state index in [4.69, 9.17) is 5.53 Å². The van der Waals surface area contributed by atoms with Crippen LogP contribution in [0.15, 0.2) is 16.8 Å². The molecule has 0 atom stereocenters. The van der Waals surface area contributed by atoms with Crippen molar-refractivity contribution in [3.63, 3.8) is 0 Å². The highest BCUT2D eigenvalue weighted by Gasteiger charge is 2.01. The van der Waals surface area contributed by atoms with Crippen molar-refractivity contribution in [1.29, 1.82) is 0 Å². The molecular formula is C11H19N3O. The number of azide groups is 1. The largest absolute Gasteiger partial charge is 0.295 e. The van der Waals surface area contributed by atoms with Gasteiger partial charge in [-0.1, -0.05) is 31.0 Å². The number of allylic oxidation sites excluding steroid dienone is 1. The van der Waals surface area contributed by atoms with Crippen molar-refractivity contribution in [2.75, 3.05) is 6.54 Å². The predicted molar refractivity (Wildman–Crippen MR) is 61.5 cm³/mol. The molecule has 0 unspecified atom stereocenters. The van der Waals surface area contributed by atoms with Crippen LogP contribution < -0.4 is 0 Å². The van der Waals surface area contributed by atoms with Crippen LogP contribution in [-0.4, -0.2) is 12.3 Å². The molecule has 4 heteroatoms. The molecule has 0 bridgehead atoms. The maximum absolute atomic E-state index is 11.2. The monoisotopic (exact) mass is 209 g/mol. The van der Waals surface area contributed by atoms with Gasteiger partial charge in [0.1, 0.15) is 0 Å². The van der Waals surface area contributed by atoms with Crippen LogP contribution in [-0.2, 0) is 4.79 Å². The smallest absolute Gasteiger partial charge is 0.155 e. The second-order valence-electron chi connectivity index (χ2n) is 3.49. The summed E-state index contributed by atoms with van der Waals surface area (Å²) < 4.78 is 0. The number of rotatable bonds is 8. The fraction of sp³-hybridized carbons (Fsp3) is 0.727. The van der Waals surface area contributed by atoms with E-state index in [1.807, 2.05) is 6.08 Å². The number of Topliss-reactive ketones (excluding diaryl/α,β-unsaturated/α-hetero) is 1. The zero-order valence-corrected chi connectivity index (χ0v) is 9.57. The summed E-state index contributed by atoms with van der Waals surface area (Å²) in [4.78, 5) is 13.9. The molecule has 0 radical (unpaired) electrons. The van der Waals surface area contributed by atoms with Crippen molar-refractivity contribution in [2.24, 2.45) is 5.11 Å². The van der Waals surface area contributed by atoms with Crippen LogP contribution in [0, 0.1) is 0 Å². The third-order valence-corrected chi connectivity index (χ3v) is 2.20. The molecule has 0 heterocycles. The lowest BCUT2D eigenvalue weighted by Gasteiger charge is -2.00. The van der Waals surface area contributed by atoms with Gasteiger partial charge in [-0.3, -0.25) is 4.79 Å². The average Bonchev–Trinajstić information content (AvgIpc) is 2.21. The van der Waals surface area contributed by atoms with Gasteiger partial charge in [0.25, 0.3) is 0 Å². The lowest BCUT2D eigenvalue weighted by atomic mass is 10.1. The third kappa shape index (κ3) is 7.77. The molecule has 0 saturated heterocycles. The molecule has 0 N–H and O–H groups in total. The van der Waals surface area contributed by atoms with Gasteiger partial charge in [-0.25, -0.2) is 0 Å². The Morgan fingerprint density at radius 1 is 1.47 bits per heavy atom. The van der Waals surface area contributed by atoms with Crippen molar-refractivity contribution >= 4 is 5.78 Å². The molecule has 4 nitrogen and oxygen atoms in total. The number of carbonyl (C=O) groups is 1. The van der Waals surface area contributed by atoms with E-state index in [-0.39, 0.29) is 5.78 Å². The Bertz CT molecular complexity index is 265. The molecule has 0 aliphatic carbocycles. The zero-order valence-electron chi connectivity index (χ0n) is 9.57. The van der Waals surface area contributed by atoms with Gasteiger partial charge < -0.3 is 0 Å². The van der Waals surface area contributed by atoms with E-state index in [1.54, 1.807) is 6.92 Å². The molecule has 0 saturated carbocycles. The first-order valence-corrected chi connectivity index (χ1v) is 5.43. The SMILES string of the molecule is CCCCC/C=C(/CCN=[N+]=[N-])C(C)=O. The van der Waals surface area contributed by atoms with Crippen molar-refractivity contribution in [2.45, 2.75) is 46.0 Å². The molecule has 0 spiro atoms. The Labute approximate surface area is 91.0 Å². The summed E-state index contributed by atoms with van der Waals surface area (Å²) in [6.45, 7) is 4.08. The summed E-state index contributed by atoms with van der Waals surface area (Å²) >= 11 is 0. The molecule has 0 aliphatic rings. The van der Waals surface area contributed by atoms with Gasteiger partial charge >= 0.3 is 0 Å². The minimum Gasteiger partial charge on any atom is -0.295 e. The molecule has 15 heavy (non-hydrogen) atoms. The third-order valence-electron chi connectivity index (χ3n) is 2.20. The van der Waals surface area contributed by atoms with Crippen LogP contribution in [0.4, 0.5) is 0 Å². The Kier molecular flexibility index (Phi) is 8.49. The summed E-state index contributed by atoms with van der Waals surface area (Å²) in [5, 5.41) is 3.43. The predicted octanol–water partition coefficient (Wildman–Crippen LogP) is 3.78. The van der Waals surface area contributed by atoms with Gasteiger partial charge in [-0.15, -0.1) is 0 Å². The highest BCUT2D eigenvalue weighted by atomic mass is 16.1. The van der Waals surface area contributed by atoms with Crippen LogP contribution in [0.3, 0.4) is 0 Å². The fourth-order valence-electron chi connectivity index (χ4n) is 1.31. The summed E-state index contributed by atoms with van der Waals surface area (Å²) in [6.07, 6.45) is 6.98. The number of hydrogen-bond donors (Lipinski definition) is 0. The molecule has 84 valence electrons. The van der Waals surface area contributed by atoms with Crippen molar-refractivity contribution in [3.05, 3.63) is 22.1 Å². The summed E-state index contributed by atoms with van der Waals surface area (Å²) in [5.74, 6) is 0.0830. The maximum Gasteiger partial charge on any atom is 0.155 e. The van der Waals surface area contributed by atoms with E-state index >= 15 is 0 Å². The number of hydrogen-bond acceptors (Lipinski definition) is 2. The van der Waals surface area contributed by atoms with Gasteiger partial charge in [0.05, 0.1) is 0 Å². The van der Waals surface area contributed by atoms with Crippen LogP contribution in [0.1, 0.15) is 46.0 Å². The van der Waals surface area contributed by atoms with E-state index in [2.05, 4.69) is 16.9 Å². The first-order chi connectivity index (χ1) is 7.22. The average molecular weight is 209 g/mol. The molecule has 0 fully saturated rings. The van der Waals surface area contributed by atoms with Crippen LogP contribution in [0.5, 0.6) is 0 Å². The second kappa shape index (κ2) is 9.28. The molecule has 0 aromatic rings. The van der Waals surface area contributed by atoms with Gasteiger partial charge in [0, 0.05) is 11.5 Å². The summed E-state index contributed by atoms with van der Waals surface area (Å²) in [5.41, 5.74) is 8.91. The van der Waals surface area contributed by atoms with Crippen LogP contribution >= 0.6 is 0 Å². The van der Waals surface area contributed by atoms with Crippen molar-refractivity contribution in [3.8, 4) is 0 Å². The minimum atomic E-state index is 0.0830. The molecule has 0 rings (SSSR count). The van der Waals surface area contributed by atoms with Gasteiger partial charge in [0.15, 0.2) is 5.78 Å². The van der Waals surface area contributed by atoms with Gasteiger partial charge in [-0.05, 0) is 37.3 Å². The quantitative estimate of drug-likeness (QED) is 0.197. The van der Waals surface area contributed by atoms with E-state index < -0.39 is 0 Å². The van der Waals surface area contributed by atoms with E-state index in [1.165, 1.54) is 12.8 Å². The standard InChI is InChI=1S/C11H19N3O/c1-3-4-5-6-7-11(10(2)15)8-9-13-14-12/h7H,3-6,8-9H2,1-2H3/b11-7-. The Hall–Kier alpha value is -1.28. The van der Waals surface area contributed by atoms with E-state index in [9.17, 15) is 4.79 Å². The number of ketones is 1. The van der Waals surface area contributed by atoms with Crippen molar-refractivity contribution in [1.82, 2.24) is 0 Å². The molecule has 0 aliphatic heterocycles. The van der Waals surface area contributed by atoms with Gasteiger partial charge in [-0.2, -0.15) is 0 Å². The van der Waals surface area contributed by atoms with Gasteiger partial charge in [0.2, 0.25) is 0 Å². The number of unbranched alkanes of at least 4 members (excludes halogenated alkanes) is 3. The fourth-order valence-corrected chi connectivity index (χ4v) is 1.31. The summed E-state index contributed by atoms with van der Waals surface area (Å²) in [7, 11) is 0. The molecular weight excluding hydrogens is 190 g/mol. The number of carbonyl (C=O) groups excluding carboxylic acids is 1. The highest BCUT2D eigenvalue weighted by molar-refractivity contribution is 5.93. The first kappa shape index (κ1) is 13.7. The van der Waals surface area contributed by atoms with E-state index in [0.717, 1.165) is 18.4 Å². The number of nitrogens with zero attached hydrogens (tertiary/aromatic N) is 3. The lowest BCUT2D eigenvalue weighted by Crippen LogP contribution is -1.98. The van der Waals surface area contributed by atoms with Crippen LogP contribution in [0.2, 0.25) is 0 Å². The Morgan fingerprint density at radius 2 is 2.20 bits per heavy atom. The van der Waals surface area contributed by atoms with Crippen molar-refractivity contribution < 1.29 is 4.79 Å².